The summed E-state index contributed by atoms with van der Waals surface area (Å²) in [6.07, 6.45) is 0. The molecule has 3 rings (SSSR count). The molecule has 0 atom stereocenters. The Morgan fingerprint density at radius 1 is 1.13 bits per heavy atom. The largest absolute Gasteiger partial charge is 0.550 e. The Bertz CT molecular complexity index is 1100. The molecule has 0 N–H and O–H groups in total. The van der Waals surface area contributed by atoms with Gasteiger partial charge in [-0.3, -0.25) is 10.1 Å². The maximum Gasteiger partial charge on any atom is 0.378 e. The second-order valence-electron chi connectivity index (χ2n) is 6.71. The number of hydrogen-bond donors (Lipinski definition) is 0. The molecular formula is C21H26N6O4. The lowest BCUT2D eigenvalue weighted by atomic mass is 10.2. The molecule has 0 unspecified atom stereocenters. The summed E-state index contributed by atoms with van der Waals surface area (Å²) in [5.74, 6) is -0.510. The minimum atomic E-state index is -1.08. The van der Waals surface area contributed by atoms with Crippen molar-refractivity contribution >= 4 is 39.8 Å². The van der Waals surface area contributed by atoms with Gasteiger partial charge in [-0.15, -0.1) is 0 Å². The number of benzene rings is 2. The third-order valence-electron chi connectivity index (χ3n) is 4.78. The molecule has 2 aromatic carbocycles. The molecule has 3 aromatic rings. The monoisotopic (exact) mass is 426 g/mol. The van der Waals surface area contributed by atoms with E-state index in [2.05, 4.69) is 29.0 Å². The van der Waals surface area contributed by atoms with Gasteiger partial charge >= 0.3 is 5.82 Å². The third kappa shape index (κ3) is 5.62. The fourth-order valence-corrected chi connectivity index (χ4v) is 3.12. The molecule has 0 radical (unpaired) electrons. The summed E-state index contributed by atoms with van der Waals surface area (Å²) in [4.78, 5) is 21.8. The second kappa shape index (κ2) is 10.3. The molecule has 0 spiro atoms. The minimum Gasteiger partial charge on any atom is -0.550 e. The van der Waals surface area contributed by atoms with Crippen molar-refractivity contribution in [3.8, 4) is 0 Å². The van der Waals surface area contributed by atoms with Crippen LogP contribution in [0.4, 0.5) is 22.9 Å². The number of carboxylic acids is 1. The van der Waals surface area contributed by atoms with Gasteiger partial charge < -0.3 is 14.8 Å². The third-order valence-corrected chi connectivity index (χ3v) is 4.78. The SMILES string of the molecule is CC(=O)[O-].CCN(CC)c1ccc(N=Nc2c3cc([N+](=O)[O-])ccc3n(C)[n+]2C)cc1. The van der Waals surface area contributed by atoms with Gasteiger partial charge in [-0.05, 0) is 56.2 Å². The van der Waals surface area contributed by atoms with Crippen LogP contribution in [0.5, 0.6) is 0 Å². The van der Waals surface area contributed by atoms with Gasteiger partial charge in [0.25, 0.3) is 5.69 Å². The van der Waals surface area contributed by atoms with Gasteiger partial charge in [-0.25, -0.2) is 4.68 Å². The van der Waals surface area contributed by atoms with Gasteiger partial charge in [-0.2, -0.15) is 4.68 Å². The van der Waals surface area contributed by atoms with E-state index in [-0.39, 0.29) is 5.69 Å². The molecule has 1 aromatic heterocycles. The highest BCUT2D eigenvalue weighted by Gasteiger charge is 2.22. The molecule has 0 saturated heterocycles. The predicted octanol–water partition coefficient (Wildman–Crippen LogP) is 2.93. The molecule has 31 heavy (non-hydrogen) atoms. The molecule has 164 valence electrons. The predicted molar refractivity (Wildman–Crippen MR) is 116 cm³/mol. The molecule has 0 aliphatic rings. The Morgan fingerprint density at radius 2 is 1.71 bits per heavy atom. The molecule has 0 amide bonds. The number of nitro groups is 1. The first-order valence-corrected chi connectivity index (χ1v) is 9.77. The van der Waals surface area contributed by atoms with Gasteiger partial charge in [0, 0.05) is 43.9 Å². The molecule has 0 saturated carbocycles. The summed E-state index contributed by atoms with van der Waals surface area (Å²) in [6.45, 7) is 7.11. The summed E-state index contributed by atoms with van der Waals surface area (Å²) in [5.41, 5.74) is 2.77. The lowest BCUT2D eigenvalue weighted by Gasteiger charge is -2.20. The zero-order valence-corrected chi connectivity index (χ0v) is 18.3. The second-order valence-corrected chi connectivity index (χ2v) is 6.71. The summed E-state index contributed by atoms with van der Waals surface area (Å²) >= 11 is 0. The van der Waals surface area contributed by atoms with E-state index < -0.39 is 10.9 Å². The number of aryl methyl sites for hydroxylation is 1. The summed E-state index contributed by atoms with van der Waals surface area (Å²) in [6, 6.07) is 12.6. The fourth-order valence-electron chi connectivity index (χ4n) is 3.12. The molecule has 1 heterocycles. The first-order valence-electron chi connectivity index (χ1n) is 9.77. The quantitative estimate of drug-likeness (QED) is 0.260. The van der Waals surface area contributed by atoms with Gasteiger partial charge in [0.05, 0.1) is 15.6 Å². The van der Waals surface area contributed by atoms with Crippen molar-refractivity contribution in [2.45, 2.75) is 20.8 Å². The van der Waals surface area contributed by atoms with E-state index >= 15 is 0 Å². The van der Waals surface area contributed by atoms with Crippen LogP contribution in [0, 0.1) is 10.1 Å². The molecule has 10 heteroatoms. The molecule has 0 bridgehead atoms. The number of carbonyl (C=O) groups excluding carboxylic acids is 1. The number of anilines is 1. The summed E-state index contributed by atoms with van der Waals surface area (Å²) in [5, 5.41) is 29.4. The maximum absolute atomic E-state index is 11.1. The van der Waals surface area contributed by atoms with Gasteiger partial charge in [-0.1, -0.05) is 0 Å². The topological polar surface area (TPSA) is 120 Å². The number of carboxylic acid groups (broad SMARTS) is 1. The number of nitro benzene ring substituents is 1. The highest BCUT2D eigenvalue weighted by atomic mass is 16.6. The number of aromatic nitrogens is 2. The van der Waals surface area contributed by atoms with Crippen LogP contribution in [0.25, 0.3) is 10.9 Å². The smallest absolute Gasteiger partial charge is 0.378 e. The van der Waals surface area contributed by atoms with E-state index in [1.165, 1.54) is 12.1 Å². The van der Waals surface area contributed by atoms with E-state index in [0.717, 1.165) is 36.9 Å². The Balaban J connectivity index is 0.000000785. The van der Waals surface area contributed by atoms with Crippen molar-refractivity contribution in [3.05, 3.63) is 52.6 Å². The molecule has 0 aliphatic carbocycles. The van der Waals surface area contributed by atoms with Crippen LogP contribution in [0.3, 0.4) is 0 Å². The van der Waals surface area contributed by atoms with Crippen molar-refractivity contribution in [3.63, 3.8) is 0 Å². The number of azo groups is 1. The number of rotatable bonds is 6. The number of carbonyl (C=O) groups is 1. The Morgan fingerprint density at radius 3 is 2.23 bits per heavy atom. The van der Waals surface area contributed by atoms with E-state index in [0.29, 0.717) is 11.2 Å². The van der Waals surface area contributed by atoms with E-state index in [1.54, 1.807) is 6.07 Å². The highest BCUT2D eigenvalue weighted by Crippen LogP contribution is 2.29. The van der Waals surface area contributed by atoms with Crippen molar-refractivity contribution < 1.29 is 19.5 Å². The summed E-state index contributed by atoms with van der Waals surface area (Å²) < 4.78 is 3.71. The Hall–Kier alpha value is -3.82. The minimum absolute atomic E-state index is 0.0359. The molecular weight excluding hydrogens is 400 g/mol. The highest BCUT2D eigenvalue weighted by molar-refractivity contribution is 5.88. The number of nitrogens with zero attached hydrogens (tertiary/aromatic N) is 6. The zero-order valence-electron chi connectivity index (χ0n) is 18.3. The standard InChI is InChI=1S/C19H23N6O2.C2H4O2/c1-5-24(6-2)15-9-7-14(8-10-15)20-21-19-17-13-16(25(26)27)11-12-18(17)22(3)23(19)4;1-2(3)4/h7-13H,5-6H2,1-4H3;1H3,(H,3,4)/q+1;/p-1. The molecule has 0 fully saturated rings. The normalized spacial score (nSPS) is 10.7. The number of aliphatic carboxylic acids is 1. The Labute approximate surface area is 180 Å². The van der Waals surface area contributed by atoms with Gasteiger partial charge in [0.1, 0.15) is 18.1 Å². The molecule has 0 aliphatic heterocycles. The lowest BCUT2D eigenvalue weighted by molar-refractivity contribution is -0.737. The van der Waals surface area contributed by atoms with Crippen LogP contribution in [-0.4, -0.2) is 28.7 Å². The van der Waals surface area contributed by atoms with E-state index in [9.17, 15) is 10.1 Å². The van der Waals surface area contributed by atoms with E-state index in [1.807, 2.05) is 47.7 Å². The number of fused-ring (bicyclic) bond motifs is 1. The van der Waals surface area contributed by atoms with Crippen LogP contribution in [-0.2, 0) is 18.9 Å². The van der Waals surface area contributed by atoms with Gasteiger partial charge in [0.2, 0.25) is 0 Å². The van der Waals surface area contributed by atoms with Crippen LogP contribution in [0.2, 0.25) is 0 Å². The lowest BCUT2D eigenvalue weighted by Crippen LogP contribution is -2.36. The fraction of sp³-hybridized carbons (Fsp3) is 0.333. The van der Waals surface area contributed by atoms with Crippen molar-refractivity contribution in [2.24, 2.45) is 24.3 Å². The van der Waals surface area contributed by atoms with Crippen molar-refractivity contribution in [1.82, 2.24) is 4.68 Å². The van der Waals surface area contributed by atoms with Crippen LogP contribution >= 0.6 is 0 Å². The van der Waals surface area contributed by atoms with Crippen LogP contribution in [0.1, 0.15) is 20.8 Å². The average molecular weight is 426 g/mol. The number of hydrogen-bond acceptors (Lipinski definition) is 7. The van der Waals surface area contributed by atoms with Crippen LogP contribution in [0.15, 0.2) is 52.7 Å². The van der Waals surface area contributed by atoms with Crippen LogP contribution < -0.4 is 14.7 Å². The zero-order chi connectivity index (χ0) is 23.1. The van der Waals surface area contributed by atoms with Crippen molar-refractivity contribution in [1.29, 1.82) is 0 Å². The van der Waals surface area contributed by atoms with Crippen molar-refractivity contribution in [2.75, 3.05) is 18.0 Å². The average Bonchev–Trinajstić information content (AvgIpc) is 2.97. The Kier molecular flexibility index (Phi) is 7.78. The van der Waals surface area contributed by atoms with Gasteiger partial charge in [0.15, 0.2) is 0 Å². The first kappa shape index (κ1) is 23.5. The first-order chi connectivity index (χ1) is 14.7. The number of non-ortho nitro benzene ring substituents is 1. The summed E-state index contributed by atoms with van der Waals surface area (Å²) in [7, 11) is 3.73. The maximum atomic E-state index is 11.1. The molecule has 10 nitrogen and oxygen atoms in total. The van der Waals surface area contributed by atoms with E-state index in [4.69, 9.17) is 9.90 Å².